The number of sulfonamides is 1. The minimum absolute atomic E-state index is 0.310. The number of hydrogen-bond acceptors (Lipinski definition) is 4. The Kier molecular flexibility index (Phi) is 6.58. The molecule has 1 rings (SSSR count). The molecule has 122 valence electrons. The number of hydrogen-bond donors (Lipinski definition) is 1. The van der Waals surface area contributed by atoms with Crippen LogP contribution in [0.5, 0.6) is 5.75 Å². The van der Waals surface area contributed by atoms with Crippen molar-refractivity contribution in [2.24, 2.45) is 0 Å². The van der Waals surface area contributed by atoms with Gasteiger partial charge in [-0.3, -0.25) is 4.79 Å². The average molecular weight is 326 g/mol. The van der Waals surface area contributed by atoms with Crippen LogP contribution in [0.15, 0.2) is 36.9 Å². The lowest BCUT2D eigenvalue weighted by molar-refractivity contribution is -0.132. The standard InChI is InChI=1S/C15H22N2O4S/c1-5-10-17(15(18)12(2)16-22(4,19)20)11-13-8-6-7-9-14(13)21-3/h5-9,12,16H,1,10-11H2,2-4H3. The van der Waals surface area contributed by atoms with Crippen LogP contribution in [0, 0.1) is 0 Å². The molecule has 22 heavy (non-hydrogen) atoms. The molecule has 7 heteroatoms. The molecule has 0 bridgehead atoms. The van der Waals surface area contributed by atoms with Crippen molar-refractivity contribution in [1.82, 2.24) is 9.62 Å². The second-order valence-corrected chi connectivity index (χ2v) is 6.71. The van der Waals surface area contributed by atoms with E-state index in [0.717, 1.165) is 11.8 Å². The van der Waals surface area contributed by atoms with E-state index in [2.05, 4.69) is 11.3 Å². The minimum atomic E-state index is -3.45. The summed E-state index contributed by atoms with van der Waals surface area (Å²) in [6.45, 7) is 5.78. The summed E-state index contributed by atoms with van der Waals surface area (Å²) in [5.41, 5.74) is 0.840. The topological polar surface area (TPSA) is 75.7 Å². The molecule has 1 aromatic carbocycles. The van der Waals surface area contributed by atoms with Crippen LogP contribution in [0.1, 0.15) is 12.5 Å². The summed E-state index contributed by atoms with van der Waals surface area (Å²) in [6, 6.07) is 6.52. The summed E-state index contributed by atoms with van der Waals surface area (Å²) in [5.74, 6) is 0.351. The first-order valence-electron chi connectivity index (χ1n) is 6.77. The van der Waals surface area contributed by atoms with Crippen molar-refractivity contribution in [3.8, 4) is 5.75 Å². The highest BCUT2D eigenvalue weighted by Gasteiger charge is 2.23. The zero-order valence-electron chi connectivity index (χ0n) is 13.1. The molecule has 0 fully saturated rings. The number of benzene rings is 1. The van der Waals surface area contributed by atoms with Crippen molar-refractivity contribution < 1.29 is 17.9 Å². The molecule has 1 aromatic rings. The first-order chi connectivity index (χ1) is 10.3. The summed E-state index contributed by atoms with van der Waals surface area (Å²) in [6.07, 6.45) is 2.62. The van der Waals surface area contributed by atoms with Crippen LogP contribution in [-0.2, 0) is 21.4 Å². The average Bonchev–Trinajstić information content (AvgIpc) is 2.44. The van der Waals surface area contributed by atoms with Gasteiger partial charge in [-0.1, -0.05) is 24.3 Å². The molecule has 0 heterocycles. The smallest absolute Gasteiger partial charge is 0.241 e. The zero-order chi connectivity index (χ0) is 16.8. The van der Waals surface area contributed by atoms with Crippen molar-refractivity contribution in [3.63, 3.8) is 0 Å². The Morgan fingerprint density at radius 2 is 2.09 bits per heavy atom. The third-order valence-corrected chi connectivity index (χ3v) is 3.76. The van der Waals surface area contributed by atoms with E-state index in [-0.39, 0.29) is 5.91 Å². The van der Waals surface area contributed by atoms with E-state index in [1.165, 1.54) is 11.8 Å². The number of nitrogens with zero attached hydrogens (tertiary/aromatic N) is 1. The second kappa shape index (κ2) is 7.95. The number of carbonyl (C=O) groups is 1. The summed E-state index contributed by atoms with van der Waals surface area (Å²) in [5, 5.41) is 0. The van der Waals surface area contributed by atoms with Crippen LogP contribution in [0.3, 0.4) is 0 Å². The third kappa shape index (κ3) is 5.50. The third-order valence-electron chi connectivity index (χ3n) is 2.98. The molecular formula is C15H22N2O4S. The number of nitrogens with one attached hydrogen (secondary N) is 1. The fraction of sp³-hybridized carbons (Fsp3) is 0.400. The van der Waals surface area contributed by atoms with Crippen molar-refractivity contribution in [2.75, 3.05) is 19.9 Å². The van der Waals surface area contributed by atoms with Crippen LogP contribution in [-0.4, -0.2) is 45.2 Å². The van der Waals surface area contributed by atoms with Gasteiger partial charge in [-0.2, -0.15) is 0 Å². The van der Waals surface area contributed by atoms with Crippen LogP contribution in [0.4, 0.5) is 0 Å². The molecule has 0 saturated carbocycles. The number of amides is 1. The Morgan fingerprint density at radius 1 is 1.45 bits per heavy atom. The Bertz CT molecular complexity index is 628. The maximum absolute atomic E-state index is 12.4. The molecule has 1 unspecified atom stereocenters. The van der Waals surface area contributed by atoms with E-state index >= 15 is 0 Å². The molecule has 0 spiro atoms. The summed E-state index contributed by atoms with van der Waals surface area (Å²) in [7, 11) is -1.89. The molecule has 0 radical (unpaired) electrons. The highest BCUT2D eigenvalue weighted by atomic mass is 32.2. The van der Waals surface area contributed by atoms with E-state index in [1.807, 2.05) is 24.3 Å². The van der Waals surface area contributed by atoms with Crippen LogP contribution < -0.4 is 9.46 Å². The number of ether oxygens (including phenoxy) is 1. The van der Waals surface area contributed by atoms with Gasteiger partial charge in [-0.25, -0.2) is 13.1 Å². The van der Waals surface area contributed by atoms with Gasteiger partial charge in [0.05, 0.1) is 19.4 Å². The van der Waals surface area contributed by atoms with Gasteiger partial charge in [0.25, 0.3) is 0 Å². The van der Waals surface area contributed by atoms with Gasteiger partial charge < -0.3 is 9.64 Å². The Morgan fingerprint density at radius 3 is 2.64 bits per heavy atom. The molecule has 0 aromatic heterocycles. The quantitative estimate of drug-likeness (QED) is 0.727. The maximum Gasteiger partial charge on any atom is 0.241 e. The lowest BCUT2D eigenvalue weighted by atomic mass is 10.1. The Balaban J connectivity index is 2.93. The Hall–Kier alpha value is -1.86. The fourth-order valence-electron chi connectivity index (χ4n) is 2.07. The van der Waals surface area contributed by atoms with Crippen molar-refractivity contribution in [2.45, 2.75) is 19.5 Å². The molecule has 1 atom stereocenters. The maximum atomic E-state index is 12.4. The SMILES string of the molecule is C=CCN(Cc1ccccc1OC)C(=O)C(C)NS(C)(=O)=O. The van der Waals surface area contributed by atoms with Gasteiger partial charge in [-0.15, -0.1) is 6.58 Å². The molecule has 1 N–H and O–H groups in total. The fourth-order valence-corrected chi connectivity index (χ4v) is 2.82. The van der Waals surface area contributed by atoms with Gasteiger partial charge in [-0.05, 0) is 13.0 Å². The Labute approximate surface area is 131 Å². The van der Waals surface area contributed by atoms with E-state index < -0.39 is 16.1 Å². The first-order valence-corrected chi connectivity index (χ1v) is 8.66. The lowest BCUT2D eigenvalue weighted by Gasteiger charge is -2.25. The molecular weight excluding hydrogens is 304 g/mol. The lowest BCUT2D eigenvalue weighted by Crippen LogP contribution is -2.46. The van der Waals surface area contributed by atoms with Crippen LogP contribution in [0.25, 0.3) is 0 Å². The van der Waals surface area contributed by atoms with Crippen LogP contribution in [0.2, 0.25) is 0 Å². The number of rotatable bonds is 8. The highest BCUT2D eigenvalue weighted by molar-refractivity contribution is 7.88. The number of methoxy groups -OCH3 is 1. The molecule has 6 nitrogen and oxygen atoms in total. The van der Waals surface area contributed by atoms with Crippen molar-refractivity contribution >= 4 is 15.9 Å². The monoisotopic (exact) mass is 326 g/mol. The minimum Gasteiger partial charge on any atom is -0.496 e. The second-order valence-electron chi connectivity index (χ2n) is 4.93. The van der Waals surface area contributed by atoms with Crippen LogP contribution >= 0.6 is 0 Å². The zero-order valence-corrected chi connectivity index (χ0v) is 13.9. The van der Waals surface area contributed by atoms with E-state index in [9.17, 15) is 13.2 Å². The first kappa shape index (κ1) is 18.2. The van der Waals surface area contributed by atoms with E-state index in [1.54, 1.807) is 13.2 Å². The van der Waals surface area contributed by atoms with E-state index in [0.29, 0.717) is 18.8 Å². The predicted molar refractivity (Wildman–Crippen MR) is 86.0 cm³/mol. The van der Waals surface area contributed by atoms with Gasteiger partial charge in [0.15, 0.2) is 0 Å². The van der Waals surface area contributed by atoms with Gasteiger partial charge in [0.2, 0.25) is 15.9 Å². The summed E-state index contributed by atoms with van der Waals surface area (Å²) >= 11 is 0. The molecule has 0 aliphatic carbocycles. The summed E-state index contributed by atoms with van der Waals surface area (Å²) in [4.78, 5) is 13.9. The van der Waals surface area contributed by atoms with Crippen molar-refractivity contribution in [3.05, 3.63) is 42.5 Å². The molecule has 0 aliphatic rings. The number of para-hydroxylation sites is 1. The van der Waals surface area contributed by atoms with Gasteiger partial charge in [0, 0.05) is 18.7 Å². The normalized spacial score (nSPS) is 12.5. The molecule has 0 saturated heterocycles. The number of carbonyl (C=O) groups excluding carboxylic acids is 1. The van der Waals surface area contributed by atoms with E-state index in [4.69, 9.17) is 4.74 Å². The van der Waals surface area contributed by atoms with Crippen molar-refractivity contribution in [1.29, 1.82) is 0 Å². The highest BCUT2D eigenvalue weighted by Crippen LogP contribution is 2.19. The van der Waals surface area contributed by atoms with Gasteiger partial charge >= 0.3 is 0 Å². The summed E-state index contributed by atoms with van der Waals surface area (Å²) < 4.78 is 30.1. The molecule has 0 aliphatic heterocycles. The molecule has 1 amide bonds. The predicted octanol–water partition coefficient (Wildman–Crippen LogP) is 1.15. The van der Waals surface area contributed by atoms with Gasteiger partial charge in [0.1, 0.15) is 5.75 Å². The largest absolute Gasteiger partial charge is 0.496 e.